The fraction of sp³-hybridized carbons (Fsp3) is 0.478. The molecule has 160 valence electrons. The summed E-state index contributed by atoms with van der Waals surface area (Å²) in [5.74, 6) is 0.604. The zero-order valence-corrected chi connectivity index (χ0v) is 18.7. The van der Waals surface area contributed by atoms with Gasteiger partial charge in [0, 0.05) is 23.2 Å². The second-order valence-electron chi connectivity index (χ2n) is 7.03. The van der Waals surface area contributed by atoms with E-state index in [4.69, 9.17) is 32.7 Å². The molecule has 0 atom stereocenters. The van der Waals surface area contributed by atoms with E-state index in [-0.39, 0.29) is 6.61 Å². The number of methoxy groups -OCH3 is 1. The average molecular weight is 442 g/mol. The Balaban J connectivity index is 1.89. The zero-order chi connectivity index (χ0) is 21.1. The van der Waals surface area contributed by atoms with E-state index in [2.05, 4.69) is 12.2 Å². The quantitative estimate of drug-likeness (QED) is 0.334. The highest BCUT2D eigenvalue weighted by Gasteiger charge is 2.13. The van der Waals surface area contributed by atoms with Gasteiger partial charge in [0.15, 0.2) is 11.5 Å². The van der Waals surface area contributed by atoms with Gasteiger partial charge in [-0.15, -0.1) is 0 Å². The van der Waals surface area contributed by atoms with Gasteiger partial charge in [0.05, 0.1) is 12.1 Å². The predicted molar refractivity (Wildman–Crippen MR) is 119 cm³/mol. The van der Waals surface area contributed by atoms with E-state index in [9.17, 15) is 4.39 Å². The fourth-order valence-corrected chi connectivity index (χ4v) is 3.50. The Morgan fingerprint density at radius 3 is 2.45 bits per heavy atom. The van der Waals surface area contributed by atoms with Crippen LogP contribution >= 0.6 is 23.2 Å². The molecule has 0 unspecified atom stereocenters. The minimum Gasteiger partial charge on any atom is -0.493 e. The van der Waals surface area contributed by atoms with Crippen molar-refractivity contribution in [1.29, 1.82) is 0 Å². The smallest absolute Gasteiger partial charge is 0.163 e. The molecule has 0 bridgehead atoms. The van der Waals surface area contributed by atoms with Crippen molar-refractivity contribution in [2.24, 2.45) is 0 Å². The van der Waals surface area contributed by atoms with E-state index in [1.165, 1.54) is 38.2 Å². The summed E-state index contributed by atoms with van der Waals surface area (Å²) in [6.07, 6.45) is 7.60. The summed E-state index contributed by atoms with van der Waals surface area (Å²) in [4.78, 5) is 0. The van der Waals surface area contributed by atoms with Crippen molar-refractivity contribution in [2.45, 2.75) is 58.6 Å². The fourth-order valence-electron chi connectivity index (χ4n) is 3.06. The Bertz CT molecular complexity index is 751. The van der Waals surface area contributed by atoms with Gasteiger partial charge in [0.1, 0.15) is 12.4 Å². The van der Waals surface area contributed by atoms with Crippen LogP contribution in [0.1, 0.15) is 56.6 Å². The summed E-state index contributed by atoms with van der Waals surface area (Å²) in [6, 6.07) is 8.11. The zero-order valence-electron chi connectivity index (χ0n) is 17.2. The van der Waals surface area contributed by atoms with Crippen molar-refractivity contribution < 1.29 is 13.9 Å². The number of rotatable bonds is 13. The van der Waals surface area contributed by atoms with Crippen LogP contribution in [0.15, 0.2) is 30.3 Å². The molecular weight excluding hydrogens is 412 g/mol. The predicted octanol–water partition coefficient (Wildman–Crippen LogP) is 7.17. The molecule has 0 saturated heterocycles. The lowest BCUT2D eigenvalue weighted by Crippen LogP contribution is -2.15. The second kappa shape index (κ2) is 12.9. The van der Waals surface area contributed by atoms with Crippen molar-refractivity contribution in [3.05, 3.63) is 57.3 Å². The molecule has 0 aromatic heterocycles. The number of nitrogens with one attached hydrogen (secondary N) is 1. The maximum Gasteiger partial charge on any atom is 0.163 e. The number of hydrogen-bond acceptors (Lipinski definition) is 3. The van der Waals surface area contributed by atoms with Gasteiger partial charge in [-0.1, -0.05) is 68.3 Å². The molecule has 0 aliphatic rings. The molecule has 0 amide bonds. The number of unbranched alkanes of at least 4 members (excludes halogenated alkanes) is 5. The van der Waals surface area contributed by atoms with Gasteiger partial charge >= 0.3 is 0 Å². The molecule has 1 N–H and O–H groups in total. The Hall–Kier alpha value is -1.49. The summed E-state index contributed by atoms with van der Waals surface area (Å²) in [5, 5.41) is 4.33. The topological polar surface area (TPSA) is 30.5 Å². The molecule has 0 aliphatic carbocycles. The van der Waals surface area contributed by atoms with Crippen molar-refractivity contribution in [3.8, 4) is 11.5 Å². The van der Waals surface area contributed by atoms with Crippen molar-refractivity contribution in [3.63, 3.8) is 0 Å². The third-order valence-corrected chi connectivity index (χ3v) is 5.49. The molecular formula is C23H30Cl2FNO2. The van der Waals surface area contributed by atoms with Gasteiger partial charge in [0.2, 0.25) is 0 Å². The minimum absolute atomic E-state index is 0.00613. The van der Waals surface area contributed by atoms with E-state index >= 15 is 0 Å². The van der Waals surface area contributed by atoms with E-state index in [0.29, 0.717) is 33.7 Å². The standard InChI is InChI=1S/C23H30Cl2FNO2/c1-3-4-5-6-7-8-12-27-15-17-13-22(28-2)23(14-20(17)25)29-16-18-19(24)10-9-11-21(18)26/h9-11,13-14,27H,3-8,12,15-16H2,1-2H3. The van der Waals surface area contributed by atoms with Gasteiger partial charge in [0.25, 0.3) is 0 Å². The Morgan fingerprint density at radius 2 is 1.72 bits per heavy atom. The molecule has 2 aromatic rings. The first-order chi connectivity index (χ1) is 14.1. The molecule has 2 aromatic carbocycles. The molecule has 0 saturated carbocycles. The van der Waals surface area contributed by atoms with E-state index in [1.807, 2.05) is 6.07 Å². The molecule has 2 rings (SSSR count). The average Bonchev–Trinajstić information content (AvgIpc) is 2.70. The minimum atomic E-state index is -0.405. The SMILES string of the molecule is CCCCCCCCNCc1cc(OC)c(OCc2c(F)cccc2Cl)cc1Cl. The Kier molecular flexibility index (Phi) is 10.6. The third kappa shape index (κ3) is 7.69. The lowest BCUT2D eigenvalue weighted by molar-refractivity contribution is 0.279. The van der Waals surface area contributed by atoms with Gasteiger partial charge in [-0.25, -0.2) is 4.39 Å². The maximum atomic E-state index is 13.9. The maximum absolute atomic E-state index is 13.9. The normalized spacial score (nSPS) is 10.9. The highest BCUT2D eigenvalue weighted by molar-refractivity contribution is 6.31. The summed E-state index contributed by atoms with van der Waals surface area (Å²) < 4.78 is 25.1. The van der Waals surface area contributed by atoms with Crippen LogP contribution in [0.3, 0.4) is 0 Å². The summed E-state index contributed by atoms with van der Waals surface area (Å²) in [6.45, 7) is 3.83. The van der Waals surface area contributed by atoms with Crippen molar-refractivity contribution in [2.75, 3.05) is 13.7 Å². The molecule has 0 fully saturated rings. The summed E-state index contributed by atoms with van der Waals surface area (Å²) in [5.41, 5.74) is 1.24. The number of hydrogen-bond donors (Lipinski definition) is 1. The molecule has 3 nitrogen and oxygen atoms in total. The molecule has 29 heavy (non-hydrogen) atoms. The first-order valence-electron chi connectivity index (χ1n) is 10.2. The van der Waals surface area contributed by atoms with Gasteiger partial charge < -0.3 is 14.8 Å². The Labute approximate surface area is 183 Å². The van der Waals surface area contributed by atoms with Gasteiger partial charge in [-0.05, 0) is 36.7 Å². The van der Waals surface area contributed by atoms with Crippen LogP contribution in [0, 0.1) is 5.82 Å². The molecule has 0 aliphatic heterocycles. The lowest BCUT2D eigenvalue weighted by atomic mass is 10.1. The van der Waals surface area contributed by atoms with Crippen LogP contribution in [0.4, 0.5) is 4.39 Å². The van der Waals surface area contributed by atoms with Gasteiger partial charge in [-0.2, -0.15) is 0 Å². The first kappa shape index (κ1) is 23.8. The second-order valence-corrected chi connectivity index (χ2v) is 7.84. The van der Waals surface area contributed by atoms with Crippen LogP contribution < -0.4 is 14.8 Å². The van der Waals surface area contributed by atoms with Crippen LogP contribution in [0.2, 0.25) is 10.0 Å². The number of halogens is 3. The monoisotopic (exact) mass is 441 g/mol. The largest absolute Gasteiger partial charge is 0.493 e. The van der Waals surface area contributed by atoms with Crippen molar-refractivity contribution >= 4 is 23.2 Å². The summed E-state index contributed by atoms with van der Waals surface area (Å²) >= 11 is 12.5. The molecule has 0 spiro atoms. The molecule has 6 heteroatoms. The van der Waals surface area contributed by atoms with Crippen LogP contribution in [-0.4, -0.2) is 13.7 Å². The van der Waals surface area contributed by atoms with Crippen LogP contribution in [0.5, 0.6) is 11.5 Å². The first-order valence-corrected chi connectivity index (χ1v) is 10.9. The third-order valence-electron chi connectivity index (χ3n) is 4.79. The van der Waals surface area contributed by atoms with E-state index in [1.54, 1.807) is 25.3 Å². The van der Waals surface area contributed by atoms with Gasteiger partial charge in [-0.3, -0.25) is 0 Å². The highest BCUT2D eigenvalue weighted by Crippen LogP contribution is 2.34. The van der Waals surface area contributed by atoms with E-state index < -0.39 is 5.82 Å². The summed E-state index contributed by atoms with van der Waals surface area (Å²) in [7, 11) is 1.57. The molecule has 0 heterocycles. The van der Waals surface area contributed by atoms with Crippen LogP contribution in [-0.2, 0) is 13.2 Å². The van der Waals surface area contributed by atoms with Crippen LogP contribution in [0.25, 0.3) is 0 Å². The highest BCUT2D eigenvalue weighted by atomic mass is 35.5. The number of benzene rings is 2. The molecule has 0 radical (unpaired) electrons. The van der Waals surface area contributed by atoms with Crippen molar-refractivity contribution in [1.82, 2.24) is 5.32 Å². The number of ether oxygens (including phenoxy) is 2. The van der Waals surface area contributed by atoms with E-state index in [0.717, 1.165) is 18.5 Å². The lowest BCUT2D eigenvalue weighted by Gasteiger charge is -2.15. The Morgan fingerprint density at radius 1 is 0.966 bits per heavy atom.